The molecule has 1 atom stereocenters. The molecule has 2 saturated carbocycles. The van der Waals surface area contributed by atoms with Gasteiger partial charge in [0, 0.05) is 6.54 Å². The Morgan fingerprint density at radius 3 is 2.30 bits per heavy atom. The second kappa shape index (κ2) is 4.93. The lowest BCUT2D eigenvalue weighted by Crippen LogP contribution is -2.43. The van der Waals surface area contributed by atoms with Crippen LogP contribution in [0.15, 0.2) is 0 Å². The first-order valence-corrected chi connectivity index (χ1v) is 7.48. The predicted octanol–water partition coefficient (Wildman–Crippen LogP) is 2.34. The van der Waals surface area contributed by atoms with Crippen LogP contribution in [-0.2, 0) is 9.53 Å². The lowest BCUT2D eigenvalue weighted by Gasteiger charge is -2.28. The van der Waals surface area contributed by atoms with Crippen molar-refractivity contribution >= 4 is 12.0 Å². The van der Waals surface area contributed by atoms with Crippen LogP contribution in [0.2, 0.25) is 0 Å². The summed E-state index contributed by atoms with van der Waals surface area (Å²) in [5.74, 6) is -0.282. The fourth-order valence-electron chi connectivity index (χ4n) is 3.64. The lowest BCUT2D eigenvalue weighted by atomic mass is 9.79. The maximum atomic E-state index is 11.9. The Morgan fingerprint density at radius 2 is 1.80 bits per heavy atom. The maximum Gasteiger partial charge on any atom is 0.407 e. The quantitative estimate of drug-likeness (QED) is 0.833. The van der Waals surface area contributed by atoms with E-state index < -0.39 is 17.1 Å². The summed E-state index contributed by atoms with van der Waals surface area (Å²) in [4.78, 5) is 23.6. The van der Waals surface area contributed by atoms with E-state index in [1.165, 1.54) is 6.42 Å². The van der Waals surface area contributed by atoms with E-state index in [0.717, 1.165) is 32.1 Å². The van der Waals surface area contributed by atoms with E-state index in [4.69, 9.17) is 10.5 Å². The Hall–Kier alpha value is -1.26. The van der Waals surface area contributed by atoms with E-state index >= 15 is 0 Å². The number of hydrogen-bond acceptors (Lipinski definition) is 3. The fourth-order valence-corrected chi connectivity index (χ4v) is 3.64. The average molecular weight is 282 g/mol. The van der Waals surface area contributed by atoms with Gasteiger partial charge in [0.2, 0.25) is 5.91 Å². The summed E-state index contributed by atoms with van der Waals surface area (Å²) < 4.78 is 5.21. The molecule has 0 aromatic carbocycles. The van der Waals surface area contributed by atoms with Gasteiger partial charge < -0.3 is 15.8 Å². The highest BCUT2D eigenvalue weighted by molar-refractivity contribution is 5.86. The van der Waals surface area contributed by atoms with Crippen molar-refractivity contribution in [2.24, 2.45) is 16.6 Å². The van der Waals surface area contributed by atoms with E-state index in [1.807, 2.05) is 20.8 Å². The van der Waals surface area contributed by atoms with Crippen molar-refractivity contribution < 1.29 is 14.3 Å². The molecule has 3 N–H and O–H groups in total. The van der Waals surface area contributed by atoms with E-state index in [9.17, 15) is 9.59 Å². The van der Waals surface area contributed by atoms with Crippen LogP contribution in [0.25, 0.3) is 0 Å². The number of nitrogens with one attached hydrogen (secondary N) is 1. The highest BCUT2D eigenvalue weighted by atomic mass is 16.6. The third-order valence-electron chi connectivity index (χ3n) is 4.75. The first kappa shape index (κ1) is 15.1. The van der Waals surface area contributed by atoms with Crippen molar-refractivity contribution in [3.63, 3.8) is 0 Å². The second-order valence-electron chi connectivity index (χ2n) is 7.32. The fraction of sp³-hybridized carbons (Fsp3) is 0.867. The molecular weight excluding hydrogens is 256 g/mol. The average Bonchev–Trinajstić information content (AvgIpc) is 2.94. The molecule has 2 fully saturated rings. The Bertz CT molecular complexity index is 408. The van der Waals surface area contributed by atoms with Crippen molar-refractivity contribution in [3.05, 3.63) is 0 Å². The number of rotatable bonds is 3. The lowest BCUT2D eigenvalue weighted by molar-refractivity contribution is -0.124. The molecule has 0 radical (unpaired) electrons. The number of amides is 2. The molecule has 114 valence electrons. The first-order chi connectivity index (χ1) is 9.21. The summed E-state index contributed by atoms with van der Waals surface area (Å²) in [6, 6.07) is 0. The second-order valence-corrected chi connectivity index (χ2v) is 7.32. The minimum absolute atomic E-state index is 0.0338. The SMILES string of the molecule is CC(C)(C)OC(=O)NCC1(C(N)=O)CC12CCCCC2. The molecular formula is C15H26N2O3. The Labute approximate surface area is 120 Å². The van der Waals surface area contributed by atoms with E-state index in [0.29, 0.717) is 6.54 Å². The zero-order chi connectivity index (χ0) is 15.0. The smallest absolute Gasteiger partial charge is 0.407 e. The minimum Gasteiger partial charge on any atom is -0.444 e. The zero-order valence-electron chi connectivity index (χ0n) is 12.8. The van der Waals surface area contributed by atoms with Gasteiger partial charge in [0.25, 0.3) is 0 Å². The standard InChI is InChI=1S/C15H26N2O3/c1-13(2,3)20-12(19)17-10-15(11(16)18)9-14(15)7-5-4-6-8-14/h4-10H2,1-3H3,(H2,16,18)(H,17,19). The number of nitrogens with two attached hydrogens (primary N) is 1. The number of hydrogen-bond donors (Lipinski definition) is 2. The number of alkyl carbamates (subject to hydrolysis) is 1. The molecule has 20 heavy (non-hydrogen) atoms. The topological polar surface area (TPSA) is 81.4 Å². The summed E-state index contributed by atoms with van der Waals surface area (Å²) in [7, 11) is 0. The normalized spacial score (nSPS) is 27.9. The van der Waals surface area contributed by atoms with Gasteiger partial charge in [0.15, 0.2) is 0 Å². The van der Waals surface area contributed by atoms with Crippen molar-refractivity contribution in [2.45, 2.75) is 64.9 Å². The van der Waals surface area contributed by atoms with Gasteiger partial charge in [-0.1, -0.05) is 19.3 Å². The molecule has 0 aliphatic heterocycles. The first-order valence-electron chi connectivity index (χ1n) is 7.48. The Balaban J connectivity index is 1.95. The van der Waals surface area contributed by atoms with Gasteiger partial charge in [-0.2, -0.15) is 0 Å². The van der Waals surface area contributed by atoms with Crippen molar-refractivity contribution in [1.29, 1.82) is 0 Å². The minimum atomic E-state index is -0.551. The number of carbonyl (C=O) groups is 2. The molecule has 2 aliphatic carbocycles. The third-order valence-corrected chi connectivity index (χ3v) is 4.75. The van der Waals surface area contributed by atoms with Gasteiger partial charge in [0.05, 0.1) is 5.41 Å². The highest BCUT2D eigenvalue weighted by Crippen LogP contribution is 2.70. The molecule has 2 amide bonds. The van der Waals surface area contributed by atoms with Crippen LogP contribution < -0.4 is 11.1 Å². The van der Waals surface area contributed by atoms with Crippen LogP contribution in [0.1, 0.15) is 59.3 Å². The summed E-state index contributed by atoms with van der Waals surface area (Å²) >= 11 is 0. The molecule has 0 saturated heterocycles. The summed E-state index contributed by atoms with van der Waals surface area (Å²) in [5, 5.41) is 2.73. The van der Waals surface area contributed by atoms with Gasteiger partial charge in [-0.15, -0.1) is 0 Å². The predicted molar refractivity (Wildman–Crippen MR) is 76.0 cm³/mol. The van der Waals surface area contributed by atoms with E-state index in [1.54, 1.807) is 0 Å². The van der Waals surface area contributed by atoms with Gasteiger partial charge in [-0.25, -0.2) is 4.79 Å². The molecule has 1 spiro atoms. The van der Waals surface area contributed by atoms with Crippen LogP contribution in [0.3, 0.4) is 0 Å². The van der Waals surface area contributed by atoms with Crippen LogP contribution in [0.5, 0.6) is 0 Å². The van der Waals surface area contributed by atoms with Crippen molar-refractivity contribution in [2.75, 3.05) is 6.54 Å². The molecule has 0 aromatic heterocycles. The molecule has 5 heteroatoms. The van der Waals surface area contributed by atoms with Gasteiger partial charge >= 0.3 is 6.09 Å². The maximum absolute atomic E-state index is 11.9. The summed E-state index contributed by atoms with van der Waals surface area (Å²) in [5.41, 5.74) is 4.57. The van der Waals surface area contributed by atoms with Crippen LogP contribution in [0, 0.1) is 10.8 Å². The summed E-state index contributed by atoms with van der Waals surface area (Å²) in [6.07, 6.45) is 5.97. The molecule has 1 unspecified atom stereocenters. The van der Waals surface area contributed by atoms with Gasteiger partial charge in [-0.05, 0) is 45.4 Å². The number of ether oxygens (including phenoxy) is 1. The Kier molecular flexibility index (Phi) is 3.73. The molecule has 0 heterocycles. The van der Waals surface area contributed by atoms with E-state index in [2.05, 4.69) is 5.32 Å². The molecule has 2 rings (SSSR count). The van der Waals surface area contributed by atoms with Gasteiger partial charge in [-0.3, -0.25) is 4.79 Å². The van der Waals surface area contributed by atoms with Gasteiger partial charge in [0.1, 0.15) is 5.60 Å². The monoisotopic (exact) mass is 282 g/mol. The highest BCUT2D eigenvalue weighted by Gasteiger charge is 2.70. The Morgan fingerprint density at radius 1 is 1.20 bits per heavy atom. The van der Waals surface area contributed by atoms with Crippen molar-refractivity contribution in [1.82, 2.24) is 5.32 Å². The third kappa shape index (κ3) is 2.76. The molecule has 0 aromatic rings. The van der Waals surface area contributed by atoms with Crippen LogP contribution in [-0.4, -0.2) is 24.1 Å². The molecule has 2 aliphatic rings. The number of primary amides is 1. The largest absolute Gasteiger partial charge is 0.444 e. The number of carbonyl (C=O) groups excluding carboxylic acids is 2. The van der Waals surface area contributed by atoms with E-state index in [-0.39, 0.29) is 11.3 Å². The van der Waals surface area contributed by atoms with Crippen LogP contribution >= 0.6 is 0 Å². The summed E-state index contributed by atoms with van der Waals surface area (Å²) in [6.45, 7) is 5.75. The molecule has 0 bridgehead atoms. The van der Waals surface area contributed by atoms with Crippen LogP contribution in [0.4, 0.5) is 4.79 Å². The zero-order valence-corrected chi connectivity index (χ0v) is 12.8. The molecule has 5 nitrogen and oxygen atoms in total. The van der Waals surface area contributed by atoms with Crippen molar-refractivity contribution in [3.8, 4) is 0 Å².